The van der Waals surface area contributed by atoms with Gasteiger partial charge in [0.15, 0.2) is 0 Å². The van der Waals surface area contributed by atoms with Crippen LogP contribution in [0, 0.1) is 5.92 Å². The van der Waals surface area contributed by atoms with E-state index in [9.17, 15) is 4.79 Å². The number of amides is 1. The Morgan fingerprint density at radius 3 is 2.89 bits per heavy atom. The summed E-state index contributed by atoms with van der Waals surface area (Å²) in [6, 6.07) is 7.42. The molecular formula is C19H22N6O2. The fraction of sp³-hybridized carbons (Fsp3) is 0.368. The Morgan fingerprint density at radius 1 is 1.33 bits per heavy atom. The van der Waals surface area contributed by atoms with Crippen LogP contribution in [0.4, 0.5) is 0 Å². The van der Waals surface area contributed by atoms with E-state index in [2.05, 4.69) is 20.5 Å². The van der Waals surface area contributed by atoms with Crippen LogP contribution in [0.3, 0.4) is 0 Å². The molecule has 8 nitrogen and oxygen atoms in total. The molecule has 4 rings (SSSR count). The van der Waals surface area contributed by atoms with Gasteiger partial charge in [0.05, 0.1) is 24.9 Å². The number of nitrogens with zero attached hydrogens (tertiary/aromatic N) is 5. The van der Waals surface area contributed by atoms with Crippen LogP contribution in [0.2, 0.25) is 0 Å². The summed E-state index contributed by atoms with van der Waals surface area (Å²) in [4.78, 5) is 17.2. The standard InChI is InChI=1S/C19H22N6O2/c1-3-24-18(20-12-22-24)17(13-8-9-13)23-19(26)14-10-21-25(11-14)15-6-4-5-7-16(15)27-2/h4-7,10-13,17H,3,8-9H2,1-2H3,(H,23,26)/t17-/m1/s1. The first-order chi connectivity index (χ1) is 13.2. The number of benzene rings is 1. The maximum atomic E-state index is 12.8. The Hall–Kier alpha value is -3.16. The molecule has 0 radical (unpaired) electrons. The smallest absolute Gasteiger partial charge is 0.255 e. The average Bonchev–Trinajstić information content (AvgIpc) is 3.23. The van der Waals surface area contributed by atoms with Gasteiger partial charge in [-0.3, -0.25) is 4.79 Å². The zero-order valence-corrected chi connectivity index (χ0v) is 15.4. The highest BCUT2D eigenvalue weighted by molar-refractivity contribution is 5.94. The lowest BCUT2D eigenvalue weighted by Gasteiger charge is -2.17. The summed E-state index contributed by atoms with van der Waals surface area (Å²) in [5.74, 6) is 1.75. The number of carbonyl (C=O) groups is 1. The van der Waals surface area contributed by atoms with Gasteiger partial charge in [-0.2, -0.15) is 10.2 Å². The van der Waals surface area contributed by atoms with E-state index in [0.29, 0.717) is 17.2 Å². The highest BCUT2D eigenvalue weighted by Gasteiger charge is 2.36. The van der Waals surface area contributed by atoms with Crippen LogP contribution in [0.5, 0.6) is 5.75 Å². The molecule has 2 heterocycles. The van der Waals surface area contributed by atoms with E-state index in [4.69, 9.17) is 4.74 Å². The van der Waals surface area contributed by atoms with Crippen molar-refractivity contribution < 1.29 is 9.53 Å². The van der Waals surface area contributed by atoms with E-state index in [1.807, 2.05) is 35.9 Å². The van der Waals surface area contributed by atoms with Crippen LogP contribution >= 0.6 is 0 Å². The first-order valence-corrected chi connectivity index (χ1v) is 9.08. The van der Waals surface area contributed by atoms with Crippen LogP contribution in [0.15, 0.2) is 43.0 Å². The van der Waals surface area contributed by atoms with Crippen molar-refractivity contribution in [2.75, 3.05) is 7.11 Å². The second-order valence-corrected chi connectivity index (χ2v) is 6.57. The third-order valence-corrected chi connectivity index (χ3v) is 4.78. The predicted octanol–water partition coefficient (Wildman–Crippen LogP) is 2.37. The molecule has 1 amide bonds. The number of aromatic nitrogens is 5. The molecule has 2 aromatic heterocycles. The Kier molecular flexibility index (Phi) is 4.62. The third kappa shape index (κ3) is 3.42. The summed E-state index contributed by atoms with van der Waals surface area (Å²) in [6.45, 7) is 2.74. The van der Waals surface area contributed by atoms with Gasteiger partial charge in [0.1, 0.15) is 23.6 Å². The first kappa shape index (κ1) is 17.3. The number of methoxy groups -OCH3 is 1. The maximum absolute atomic E-state index is 12.8. The number of rotatable bonds is 7. The van der Waals surface area contributed by atoms with Crippen LogP contribution in [0.1, 0.15) is 42.0 Å². The number of hydrogen-bond acceptors (Lipinski definition) is 5. The fourth-order valence-electron chi connectivity index (χ4n) is 3.20. The number of ether oxygens (including phenoxy) is 1. The van der Waals surface area contributed by atoms with Gasteiger partial charge in [0.25, 0.3) is 5.91 Å². The van der Waals surface area contributed by atoms with Crippen molar-refractivity contribution >= 4 is 5.91 Å². The summed E-state index contributed by atoms with van der Waals surface area (Å²) < 4.78 is 8.85. The van der Waals surface area contributed by atoms with Crippen molar-refractivity contribution in [3.63, 3.8) is 0 Å². The summed E-state index contributed by atoms with van der Waals surface area (Å²) in [7, 11) is 1.61. The average molecular weight is 366 g/mol. The van der Waals surface area contributed by atoms with E-state index in [0.717, 1.165) is 30.9 Å². The molecule has 0 saturated heterocycles. The summed E-state index contributed by atoms with van der Waals surface area (Å²) in [5.41, 5.74) is 1.28. The predicted molar refractivity (Wildman–Crippen MR) is 98.7 cm³/mol. The van der Waals surface area contributed by atoms with Crippen molar-refractivity contribution in [1.29, 1.82) is 0 Å². The van der Waals surface area contributed by atoms with E-state index < -0.39 is 0 Å². The van der Waals surface area contributed by atoms with Gasteiger partial charge in [-0.15, -0.1) is 0 Å². The second-order valence-electron chi connectivity index (χ2n) is 6.57. The molecule has 8 heteroatoms. The Labute approximate surface area is 157 Å². The zero-order valence-electron chi connectivity index (χ0n) is 15.4. The quantitative estimate of drug-likeness (QED) is 0.694. The van der Waals surface area contributed by atoms with Crippen molar-refractivity contribution in [2.45, 2.75) is 32.4 Å². The van der Waals surface area contributed by atoms with Crippen LogP contribution in [-0.4, -0.2) is 37.6 Å². The van der Waals surface area contributed by atoms with Crippen molar-refractivity contribution in [3.8, 4) is 11.4 Å². The van der Waals surface area contributed by atoms with Crippen LogP contribution < -0.4 is 10.1 Å². The minimum Gasteiger partial charge on any atom is -0.494 e. The number of nitrogens with one attached hydrogen (secondary N) is 1. The molecule has 1 saturated carbocycles. The minimum atomic E-state index is -0.168. The van der Waals surface area contributed by atoms with E-state index in [1.165, 1.54) is 0 Å². The summed E-state index contributed by atoms with van der Waals surface area (Å²) in [6.07, 6.45) is 6.99. The van der Waals surface area contributed by atoms with Gasteiger partial charge in [-0.25, -0.2) is 14.3 Å². The molecule has 0 spiro atoms. The van der Waals surface area contributed by atoms with Crippen molar-refractivity contribution in [1.82, 2.24) is 29.9 Å². The lowest BCUT2D eigenvalue weighted by molar-refractivity contribution is 0.0928. The van der Waals surface area contributed by atoms with Crippen LogP contribution in [0.25, 0.3) is 5.69 Å². The zero-order chi connectivity index (χ0) is 18.8. The van der Waals surface area contributed by atoms with Crippen LogP contribution in [-0.2, 0) is 6.54 Å². The molecule has 1 N–H and O–H groups in total. The topological polar surface area (TPSA) is 86.9 Å². The number of hydrogen-bond donors (Lipinski definition) is 1. The monoisotopic (exact) mass is 366 g/mol. The first-order valence-electron chi connectivity index (χ1n) is 9.08. The summed E-state index contributed by atoms with van der Waals surface area (Å²) in [5, 5.41) is 11.7. The molecule has 1 aromatic carbocycles. The molecule has 0 bridgehead atoms. The largest absolute Gasteiger partial charge is 0.494 e. The number of para-hydroxylation sites is 2. The van der Waals surface area contributed by atoms with Crippen molar-refractivity contribution in [3.05, 3.63) is 54.4 Å². The normalized spacial score (nSPS) is 14.7. The minimum absolute atomic E-state index is 0.130. The number of carbonyl (C=O) groups excluding carboxylic acids is 1. The molecular weight excluding hydrogens is 344 g/mol. The van der Waals surface area contributed by atoms with Gasteiger partial charge in [-0.1, -0.05) is 12.1 Å². The highest BCUT2D eigenvalue weighted by atomic mass is 16.5. The van der Waals surface area contributed by atoms with Crippen molar-refractivity contribution in [2.24, 2.45) is 5.92 Å². The van der Waals surface area contributed by atoms with E-state index in [1.54, 1.807) is 30.5 Å². The van der Waals surface area contributed by atoms with Gasteiger partial charge in [0, 0.05) is 12.7 Å². The Balaban J connectivity index is 1.55. The molecule has 140 valence electrons. The maximum Gasteiger partial charge on any atom is 0.255 e. The number of aryl methyl sites for hydroxylation is 1. The molecule has 1 atom stereocenters. The summed E-state index contributed by atoms with van der Waals surface area (Å²) >= 11 is 0. The highest BCUT2D eigenvalue weighted by Crippen LogP contribution is 2.40. The molecule has 1 aliphatic carbocycles. The lowest BCUT2D eigenvalue weighted by atomic mass is 10.1. The van der Waals surface area contributed by atoms with Gasteiger partial charge in [0.2, 0.25) is 0 Å². The molecule has 1 fully saturated rings. The molecule has 0 unspecified atom stereocenters. The van der Waals surface area contributed by atoms with E-state index >= 15 is 0 Å². The van der Waals surface area contributed by atoms with Gasteiger partial charge < -0.3 is 10.1 Å². The molecule has 27 heavy (non-hydrogen) atoms. The lowest BCUT2D eigenvalue weighted by Crippen LogP contribution is -2.32. The molecule has 0 aliphatic heterocycles. The molecule has 1 aliphatic rings. The Morgan fingerprint density at radius 2 is 2.15 bits per heavy atom. The fourth-order valence-corrected chi connectivity index (χ4v) is 3.20. The van der Waals surface area contributed by atoms with E-state index in [-0.39, 0.29) is 11.9 Å². The van der Waals surface area contributed by atoms with Gasteiger partial charge >= 0.3 is 0 Å². The Bertz CT molecular complexity index is 943. The third-order valence-electron chi connectivity index (χ3n) is 4.78. The second kappa shape index (κ2) is 7.22. The van der Waals surface area contributed by atoms with Gasteiger partial charge in [-0.05, 0) is 37.8 Å². The SMILES string of the molecule is CCn1ncnc1[C@H](NC(=O)c1cnn(-c2ccccc2OC)c1)C1CC1. The molecule has 3 aromatic rings.